The number of nitrogens with zero attached hydrogens (tertiary/aromatic N) is 3. The van der Waals surface area contributed by atoms with Gasteiger partial charge in [-0.3, -0.25) is 9.59 Å². The molecule has 0 saturated heterocycles. The second-order valence-electron chi connectivity index (χ2n) is 10.3. The van der Waals surface area contributed by atoms with Crippen LogP contribution in [0.4, 0.5) is 0 Å². The minimum atomic E-state index is -0.344. The van der Waals surface area contributed by atoms with Crippen LogP contribution in [0.25, 0.3) is 11.0 Å². The molecule has 3 aromatic carbocycles. The van der Waals surface area contributed by atoms with Gasteiger partial charge in [-0.05, 0) is 43.0 Å². The van der Waals surface area contributed by atoms with E-state index in [9.17, 15) is 9.59 Å². The Morgan fingerprint density at radius 3 is 2.24 bits per heavy atom. The van der Waals surface area contributed by atoms with Gasteiger partial charge in [0.1, 0.15) is 12.4 Å². The molecule has 6 heteroatoms. The first-order valence-electron chi connectivity index (χ1n) is 13.7. The fraction of sp³-hybridized carbons (Fsp3) is 0.344. The monoisotopic (exact) mass is 508 g/mol. The quantitative estimate of drug-likeness (QED) is 0.310. The molecule has 196 valence electrons. The summed E-state index contributed by atoms with van der Waals surface area (Å²) in [5.41, 5.74) is 3.84. The SMILES string of the molecule is CC(NC(=O)Cc1ccccc1)c1nc2ccccc2n1CC(=O)N(Cc1ccccc1)C1CCCCC1. The average molecular weight is 509 g/mol. The number of nitrogens with one attached hydrogen (secondary N) is 1. The molecule has 38 heavy (non-hydrogen) atoms. The van der Waals surface area contributed by atoms with Crippen molar-refractivity contribution >= 4 is 22.8 Å². The summed E-state index contributed by atoms with van der Waals surface area (Å²) in [7, 11) is 0. The molecule has 4 aromatic rings. The van der Waals surface area contributed by atoms with Crippen LogP contribution < -0.4 is 5.32 Å². The van der Waals surface area contributed by atoms with E-state index >= 15 is 0 Å². The van der Waals surface area contributed by atoms with Crippen LogP contribution in [0.2, 0.25) is 0 Å². The highest BCUT2D eigenvalue weighted by Gasteiger charge is 2.28. The normalized spacial score (nSPS) is 14.8. The number of carbonyl (C=O) groups excluding carboxylic acids is 2. The van der Waals surface area contributed by atoms with Gasteiger partial charge in [0.15, 0.2) is 0 Å². The van der Waals surface area contributed by atoms with E-state index in [1.807, 2.05) is 84.3 Å². The van der Waals surface area contributed by atoms with Crippen LogP contribution in [0.15, 0.2) is 84.9 Å². The van der Waals surface area contributed by atoms with Crippen molar-refractivity contribution in [3.8, 4) is 0 Å². The van der Waals surface area contributed by atoms with Gasteiger partial charge in [0.2, 0.25) is 11.8 Å². The molecule has 1 aromatic heterocycles. The first-order chi connectivity index (χ1) is 18.6. The second kappa shape index (κ2) is 12.1. The second-order valence-corrected chi connectivity index (χ2v) is 10.3. The third-order valence-electron chi connectivity index (χ3n) is 7.48. The first kappa shape index (κ1) is 25.7. The standard InChI is InChI=1S/C32H36N4O2/c1-24(33-30(37)21-25-13-5-2-6-14-25)32-34-28-19-11-12-20-29(28)36(32)23-31(38)35(27-17-9-4-10-18-27)22-26-15-7-3-8-16-26/h2-3,5-8,11-16,19-20,24,27H,4,9-10,17-18,21-23H2,1H3,(H,33,37). The van der Waals surface area contributed by atoms with E-state index in [4.69, 9.17) is 4.98 Å². The minimum absolute atomic E-state index is 0.0680. The number of hydrogen-bond donors (Lipinski definition) is 1. The molecule has 1 aliphatic rings. The van der Waals surface area contributed by atoms with Crippen LogP contribution in [-0.2, 0) is 29.1 Å². The van der Waals surface area contributed by atoms with Gasteiger partial charge in [-0.1, -0.05) is 92.1 Å². The third-order valence-corrected chi connectivity index (χ3v) is 7.48. The molecule has 6 nitrogen and oxygen atoms in total. The van der Waals surface area contributed by atoms with Crippen LogP contribution in [0, 0.1) is 0 Å². The van der Waals surface area contributed by atoms with E-state index in [-0.39, 0.29) is 30.4 Å². The molecule has 1 atom stereocenters. The molecule has 2 amide bonds. The van der Waals surface area contributed by atoms with Gasteiger partial charge < -0.3 is 14.8 Å². The number of rotatable bonds is 9. The lowest BCUT2D eigenvalue weighted by atomic mass is 9.93. The van der Waals surface area contributed by atoms with E-state index in [1.54, 1.807) is 0 Å². The minimum Gasteiger partial charge on any atom is -0.346 e. The smallest absolute Gasteiger partial charge is 0.243 e. The number of aromatic nitrogens is 2. The van der Waals surface area contributed by atoms with E-state index in [0.29, 0.717) is 18.8 Å². The maximum atomic E-state index is 14.0. The highest BCUT2D eigenvalue weighted by atomic mass is 16.2. The van der Waals surface area contributed by atoms with Crippen molar-refractivity contribution in [1.29, 1.82) is 0 Å². The Bertz CT molecular complexity index is 1360. The Hall–Kier alpha value is -3.93. The predicted octanol–water partition coefficient (Wildman–Crippen LogP) is 5.82. The van der Waals surface area contributed by atoms with Crippen molar-refractivity contribution in [3.05, 3.63) is 102 Å². The summed E-state index contributed by atoms with van der Waals surface area (Å²) in [6, 6.07) is 27.7. The number of hydrogen-bond acceptors (Lipinski definition) is 3. The maximum absolute atomic E-state index is 14.0. The summed E-state index contributed by atoms with van der Waals surface area (Å²) in [5, 5.41) is 3.10. The fourth-order valence-electron chi connectivity index (χ4n) is 5.55. The molecule has 1 aliphatic carbocycles. The fourth-order valence-corrected chi connectivity index (χ4v) is 5.55. The highest BCUT2D eigenvalue weighted by Crippen LogP contribution is 2.26. The molecule has 0 bridgehead atoms. The largest absolute Gasteiger partial charge is 0.346 e. The van der Waals surface area contributed by atoms with E-state index < -0.39 is 0 Å². The average Bonchev–Trinajstić information content (AvgIpc) is 3.31. The van der Waals surface area contributed by atoms with Gasteiger partial charge in [0, 0.05) is 12.6 Å². The zero-order valence-corrected chi connectivity index (χ0v) is 22.1. The van der Waals surface area contributed by atoms with Gasteiger partial charge in [0.25, 0.3) is 0 Å². The Kier molecular flexibility index (Phi) is 8.17. The van der Waals surface area contributed by atoms with E-state index in [1.165, 1.54) is 6.42 Å². The summed E-state index contributed by atoms with van der Waals surface area (Å²) in [5.74, 6) is 0.721. The summed E-state index contributed by atoms with van der Waals surface area (Å²) in [6.07, 6.45) is 5.95. The van der Waals surface area contributed by atoms with Crippen LogP contribution in [-0.4, -0.2) is 32.3 Å². The van der Waals surface area contributed by atoms with Gasteiger partial charge >= 0.3 is 0 Å². The zero-order valence-electron chi connectivity index (χ0n) is 22.1. The molecular weight excluding hydrogens is 472 g/mol. The van der Waals surface area contributed by atoms with Gasteiger partial charge in [0.05, 0.1) is 23.5 Å². The molecule has 5 rings (SSSR count). The summed E-state index contributed by atoms with van der Waals surface area (Å²) in [4.78, 5) is 33.8. The van der Waals surface area contributed by atoms with Crippen molar-refractivity contribution in [1.82, 2.24) is 19.8 Å². The molecule has 0 spiro atoms. The summed E-state index contributed by atoms with van der Waals surface area (Å²) >= 11 is 0. The van der Waals surface area contributed by atoms with Crippen molar-refractivity contribution < 1.29 is 9.59 Å². The van der Waals surface area contributed by atoms with E-state index in [0.717, 1.165) is 47.8 Å². The lowest BCUT2D eigenvalue weighted by Crippen LogP contribution is -2.43. The Labute approximate surface area is 224 Å². The molecule has 1 fully saturated rings. The molecule has 1 N–H and O–H groups in total. The lowest BCUT2D eigenvalue weighted by molar-refractivity contribution is -0.135. The van der Waals surface area contributed by atoms with Crippen molar-refractivity contribution in [2.75, 3.05) is 0 Å². The summed E-state index contributed by atoms with van der Waals surface area (Å²) in [6.45, 7) is 2.74. The van der Waals surface area contributed by atoms with Gasteiger partial charge in [-0.2, -0.15) is 0 Å². The predicted molar refractivity (Wildman–Crippen MR) is 150 cm³/mol. The lowest BCUT2D eigenvalue weighted by Gasteiger charge is -2.35. The molecule has 1 saturated carbocycles. The molecule has 1 heterocycles. The summed E-state index contributed by atoms with van der Waals surface area (Å²) < 4.78 is 1.99. The molecule has 1 unspecified atom stereocenters. The van der Waals surface area contributed by atoms with Gasteiger partial charge in [-0.25, -0.2) is 4.98 Å². The van der Waals surface area contributed by atoms with Crippen LogP contribution >= 0.6 is 0 Å². The van der Waals surface area contributed by atoms with E-state index in [2.05, 4.69) is 22.3 Å². The number of amides is 2. The Morgan fingerprint density at radius 1 is 0.895 bits per heavy atom. The van der Waals surface area contributed by atoms with Gasteiger partial charge in [-0.15, -0.1) is 0 Å². The van der Waals surface area contributed by atoms with Crippen LogP contribution in [0.1, 0.15) is 62.0 Å². The number of imidazole rings is 1. The van der Waals surface area contributed by atoms with Crippen molar-refractivity contribution in [3.63, 3.8) is 0 Å². The molecular formula is C32H36N4O2. The third kappa shape index (κ3) is 6.13. The van der Waals surface area contributed by atoms with Crippen LogP contribution in [0.3, 0.4) is 0 Å². The number of carbonyl (C=O) groups is 2. The molecule has 0 aliphatic heterocycles. The number of para-hydroxylation sites is 2. The first-order valence-corrected chi connectivity index (χ1v) is 13.7. The highest BCUT2D eigenvalue weighted by molar-refractivity contribution is 5.82. The molecule has 0 radical (unpaired) electrons. The van der Waals surface area contributed by atoms with Crippen molar-refractivity contribution in [2.45, 2.75) is 70.6 Å². The van der Waals surface area contributed by atoms with Crippen molar-refractivity contribution in [2.24, 2.45) is 0 Å². The zero-order chi connectivity index (χ0) is 26.3. The Morgan fingerprint density at radius 2 is 1.53 bits per heavy atom. The Balaban J connectivity index is 1.39. The maximum Gasteiger partial charge on any atom is 0.243 e. The number of fused-ring (bicyclic) bond motifs is 1. The number of benzene rings is 3. The van der Waals surface area contributed by atoms with Crippen LogP contribution in [0.5, 0.6) is 0 Å². The topological polar surface area (TPSA) is 67.2 Å².